The summed E-state index contributed by atoms with van der Waals surface area (Å²) >= 11 is 0. The van der Waals surface area contributed by atoms with Gasteiger partial charge in [-0.3, -0.25) is 4.79 Å². The highest BCUT2D eigenvalue weighted by molar-refractivity contribution is 7.89. The molecule has 0 unspecified atom stereocenters. The SMILES string of the molecule is CCCCNC(=O)C1CCN(S(=O)(=O)c2ccc(OC)c(C)c2)CC1. The molecule has 6 nitrogen and oxygen atoms in total. The summed E-state index contributed by atoms with van der Waals surface area (Å²) in [5, 5.41) is 2.94. The number of nitrogens with one attached hydrogen (secondary N) is 1. The number of benzene rings is 1. The summed E-state index contributed by atoms with van der Waals surface area (Å²) in [6.45, 7) is 5.35. The van der Waals surface area contributed by atoms with Gasteiger partial charge >= 0.3 is 0 Å². The Morgan fingerprint density at radius 2 is 2.00 bits per heavy atom. The number of aryl methyl sites for hydroxylation is 1. The van der Waals surface area contributed by atoms with Gasteiger partial charge in [0.25, 0.3) is 0 Å². The van der Waals surface area contributed by atoms with Gasteiger partial charge in [-0.1, -0.05) is 13.3 Å². The van der Waals surface area contributed by atoms with Crippen LogP contribution in [0.5, 0.6) is 5.75 Å². The minimum absolute atomic E-state index is 0.0470. The smallest absolute Gasteiger partial charge is 0.243 e. The molecule has 140 valence electrons. The van der Waals surface area contributed by atoms with Gasteiger partial charge in [0.1, 0.15) is 5.75 Å². The van der Waals surface area contributed by atoms with E-state index in [4.69, 9.17) is 4.74 Å². The van der Waals surface area contributed by atoms with Crippen LogP contribution < -0.4 is 10.1 Å². The summed E-state index contributed by atoms with van der Waals surface area (Å²) in [6, 6.07) is 4.89. The van der Waals surface area contributed by atoms with Crippen molar-refractivity contribution >= 4 is 15.9 Å². The molecular weight excluding hydrogens is 340 g/mol. The Balaban J connectivity index is 1.99. The van der Waals surface area contributed by atoms with Gasteiger partial charge in [0.15, 0.2) is 0 Å². The number of amides is 1. The molecule has 0 aliphatic carbocycles. The van der Waals surface area contributed by atoms with E-state index in [-0.39, 0.29) is 16.7 Å². The number of hydrogen-bond donors (Lipinski definition) is 1. The Hall–Kier alpha value is -1.60. The largest absolute Gasteiger partial charge is 0.496 e. The Labute approximate surface area is 150 Å². The van der Waals surface area contributed by atoms with Crippen molar-refractivity contribution in [3.63, 3.8) is 0 Å². The lowest BCUT2D eigenvalue weighted by Gasteiger charge is -2.30. The summed E-state index contributed by atoms with van der Waals surface area (Å²) in [7, 11) is -1.97. The second-order valence-electron chi connectivity index (χ2n) is 6.45. The molecule has 25 heavy (non-hydrogen) atoms. The van der Waals surface area contributed by atoms with Crippen molar-refractivity contribution in [2.75, 3.05) is 26.7 Å². The molecule has 1 fully saturated rings. The molecule has 1 amide bonds. The van der Waals surface area contributed by atoms with Crippen LogP contribution in [0.15, 0.2) is 23.1 Å². The van der Waals surface area contributed by atoms with Crippen molar-refractivity contribution in [3.05, 3.63) is 23.8 Å². The topological polar surface area (TPSA) is 75.7 Å². The Bertz CT molecular complexity index is 695. The standard InChI is InChI=1S/C18H28N2O4S/c1-4-5-10-19-18(21)15-8-11-20(12-9-15)25(22,23)16-6-7-17(24-3)14(2)13-16/h6-7,13,15H,4-5,8-12H2,1-3H3,(H,19,21). The predicted octanol–water partition coefficient (Wildman–Crippen LogP) is 2.32. The summed E-state index contributed by atoms with van der Waals surface area (Å²) in [5.41, 5.74) is 0.786. The molecule has 0 aromatic heterocycles. The van der Waals surface area contributed by atoms with Crippen LogP contribution in [0, 0.1) is 12.8 Å². The average Bonchev–Trinajstić information content (AvgIpc) is 2.61. The van der Waals surface area contributed by atoms with Crippen molar-refractivity contribution in [2.45, 2.75) is 44.4 Å². The van der Waals surface area contributed by atoms with E-state index in [9.17, 15) is 13.2 Å². The van der Waals surface area contributed by atoms with Crippen LogP contribution in [-0.2, 0) is 14.8 Å². The van der Waals surface area contributed by atoms with Gasteiger partial charge in [-0.25, -0.2) is 8.42 Å². The Morgan fingerprint density at radius 3 is 2.56 bits per heavy atom. The number of hydrogen-bond acceptors (Lipinski definition) is 4. The van der Waals surface area contributed by atoms with E-state index in [1.807, 2.05) is 6.92 Å². The first-order valence-corrected chi connectivity index (χ1v) is 10.3. The van der Waals surface area contributed by atoms with Gasteiger partial charge < -0.3 is 10.1 Å². The number of ether oxygens (including phenoxy) is 1. The summed E-state index contributed by atoms with van der Waals surface area (Å²) < 4.78 is 32.3. The van der Waals surface area contributed by atoms with Gasteiger partial charge in [0.05, 0.1) is 12.0 Å². The molecule has 0 saturated carbocycles. The van der Waals surface area contributed by atoms with Gasteiger partial charge in [-0.2, -0.15) is 4.31 Å². The summed E-state index contributed by atoms with van der Waals surface area (Å²) in [6.07, 6.45) is 3.13. The summed E-state index contributed by atoms with van der Waals surface area (Å²) in [4.78, 5) is 12.4. The van der Waals surface area contributed by atoms with Crippen molar-refractivity contribution in [2.24, 2.45) is 5.92 Å². The second-order valence-corrected chi connectivity index (χ2v) is 8.39. The van der Waals surface area contributed by atoms with Crippen LogP contribution in [-0.4, -0.2) is 45.4 Å². The molecule has 1 aliphatic heterocycles. The molecule has 0 spiro atoms. The monoisotopic (exact) mass is 368 g/mol. The van der Waals surface area contributed by atoms with Crippen molar-refractivity contribution < 1.29 is 17.9 Å². The maximum Gasteiger partial charge on any atom is 0.243 e. The fraction of sp³-hybridized carbons (Fsp3) is 0.611. The highest BCUT2D eigenvalue weighted by Crippen LogP contribution is 2.27. The first-order chi connectivity index (χ1) is 11.9. The molecule has 1 N–H and O–H groups in total. The lowest BCUT2D eigenvalue weighted by Crippen LogP contribution is -2.43. The number of unbranched alkanes of at least 4 members (excludes halogenated alkanes) is 1. The number of carbonyl (C=O) groups is 1. The Kier molecular flexibility index (Phi) is 6.84. The first-order valence-electron chi connectivity index (χ1n) is 8.82. The molecule has 0 atom stereocenters. The molecule has 0 bridgehead atoms. The normalized spacial score (nSPS) is 16.6. The zero-order chi connectivity index (χ0) is 18.4. The lowest BCUT2D eigenvalue weighted by molar-refractivity contribution is -0.126. The zero-order valence-electron chi connectivity index (χ0n) is 15.2. The third-order valence-corrected chi connectivity index (χ3v) is 6.55. The third kappa shape index (κ3) is 4.73. The predicted molar refractivity (Wildman–Crippen MR) is 97.1 cm³/mol. The molecule has 1 aromatic carbocycles. The molecule has 2 rings (SSSR count). The lowest BCUT2D eigenvalue weighted by atomic mass is 9.97. The molecule has 1 aliphatic rings. The number of methoxy groups -OCH3 is 1. The molecule has 0 radical (unpaired) electrons. The van der Waals surface area contributed by atoms with E-state index >= 15 is 0 Å². The maximum atomic E-state index is 12.8. The minimum atomic E-state index is -3.53. The number of piperidine rings is 1. The average molecular weight is 368 g/mol. The van der Waals surface area contributed by atoms with E-state index in [2.05, 4.69) is 12.2 Å². The maximum absolute atomic E-state index is 12.8. The minimum Gasteiger partial charge on any atom is -0.496 e. The van der Waals surface area contributed by atoms with Crippen molar-refractivity contribution in [1.29, 1.82) is 0 Å². The van der Waals surface area contributed by atoms with Gasteiger partial charge in [-0.15, -0.1) is 0 Å². The highest BCUT2D eigenvalue weighted by atomic mass is 32.2. The van der Waals surface area contributed by atoms with Gasteiger partial charge in [0.2, 0.25) is 15.9 Å². The summed E-state index contributed by atoms with van der Waals surface area (Å²) in [5.74, 6) is 0.619. The van der Waals surface area contributed by atoms with E-state index in [1.165, 1.54) is 4.31 Å². The van der Waals surface area contributed by atoms with Gasteiger partial charge in [-0.05, 0) is 49.9 Å². The van der Waals surface area contributed by atoms with Crippen molar-refractivity contribution in [1.82, 2.24) is 9.62 Å². The van der Waals surface area contributed by atoms with Crippen LogP contribution >= 0.6 is 0 Å². The number of sulfonamides is 1. The molecule has 1 saturated heterocycles. The van der Waals surface area contributed by atoms with E-state index in [0.29, 0.717) is 38.2 Å². The quantitative estimate of drug-likeness (QED) is 0.750. The number of nitrogens with zero attached hydrogens (tertiary/aromatic N) is 1. The highest BCUT2D eigenvalue weighted by Gasteiger charge is 2.32. The number of carbonyl (C=O) groups excluding carboxylic acids is 1. The van der Waals surface area contributed by atoms with E-state index < -0.39 is 10.0 Å². The molecule has 1 aromatic rings. The van der Waals surface area contributed by atoms with Crippen LogP contribution in [0.3, 0.4) is 0 Å². The third-order valence-electron chi connectivity index (χ3n) is 4.66. The van der Waals surface area contributed by atoms with Gasteiger partial charge in [0, 0.05) is 25.6 Å². The van der Waals surface area contributed by atoms with E-state index in [1.54, 1.807) is 25.3 Å². The van der Waals surface area contributed by atoms with Crippen LogP contribution in [0.1, 0.15) is 38.2 Å². The van der Waals surface area contributed by atoms with Crippen LogP contribution in [0.4, 0.5) is 0 Å². The van der Waals surface area contributed by atoms with Crippen LogP contribution in [0.2, 0.25) is 0 Å². The van der Waals surface area contributed by atoms with E-state index in [0.717, 1.165) is 18.4 Å². The van der Waals surface area contributed by atoms with Crippen molar-refractivity contribution in [3.8, 4) is 5.75 Å². The molecule has 1 heterocycles. The number of rotatable bonds is 7. The fourth-order valence-corrected chi connectivity index (χ4v) is 4.61. The zero-order valence-corrected chi connectivity index (χ0v) is 16.1. The molecule has 7 heteroatoms. The Morgan fingerprint density at radius 1 is 1.32 bits per heavy atom. The second kappa shape index (κ2) is 8.67. The van der Waals surface area contributed by atoms with Crippen LogP contribution in [0.25, 0.3) is 0 Å². The first kappa shape index (κ1) is 19.7. The fourth-order valence-electron chi connectivity index (χ4n) is 3.05. The molecular formula is C18H28N2O4S.